The largest absolute Gasteiger partial charge is 0.358 e. The Kier molecular flexibility index (Phi) is 6.51. The summed E-state index contributed by atoms with van der Waals surface area (Å²) in [6, 6.07) is 10.4. The van der Waals surface area contributed by atoms with Gasteiger partial charge in [-0.2, -0.15) is 0 Å². The van der Waals surface area contributed by atoms with Crippen molar-refractivity contribution in [1.29, 1.82) is 0 Å². The molecule has 0 bridgehead atoms. The first-order chi connectivity index (χ1) is 11.9. The minimum atomic E-state index is 0.448. The van der Waals surface area contributed by atoms with Crippen LogP contribution in [0.15, 0.2) is 59.5 Å². The van der Waals surface area contributed by atoms with E-state index in [9.17, 15) is 0 Å². The van der Waals surface area contributed by atoms with Gasteiger partial charge in [0.2, 0.25) is 0 Å². The number of nitrogens with one attached hydrogen (secondary N) is 1. The molecule has 0 aliphatic heterocycles. The molecule has 0 saturated heterocycles. The Labute approximate surface area is 151 Å². The van der Waals surface area contributed by atoms with Crippen LogP contribution in [0, 0.1) is 0 Å². The summed E-state index contributed by atoms with van der Waals surface area (Å²) in [6.07, 6.45) is 5.66. The summed E-state index contributed by atoms with van der Waals surface area (Å²) in [6.45, 7) is 13.0. The Morgan fingerprint density at radius 1 is 1.00 bits per heavy atom. The second-order valence-electron chi connectivity index (χ2n) is 7.04. The van der Waals surface area contributed by atoms with Gasteiger partial charge in [-0.15, -0.1) is 0 Å². The summed E-state index contributed by atoms with van der Waals surface area (Å²) in [7, 11) is 0. The second kappa shape index (κ2) is 8.61. The molecule has 0 atom stereocenters. The third-order valence-corrected chi connectivity index (χ3v) is 4.06. The number of aromatic nitrogens is 1. The molecule has 0 unspecified atom stereocenters. The van der Waals surface area contributed by atoms with E-state index in [-0.39, 0.29) is 0 Å². The van der Waals surface area contributed by atoms with Crippen LogP contribution in [0.4, 0.5) is 11.4 Å². The molecule has 132 valence electrons. The van der Waals surface area contributed by atoms with Crippen molar-refractivity contribution in [3.8, 4) is 0 Å². The van der Waals surface area contributed by atoms with Crippen LogP contribution in [0.5, 0.6) is 0 Å². The molecule has 1 aromatic heterocycles. The minimum Gasteiger partial charge on any atom is -0.358 e. The summed E-state index contributed by atoms with van der Waals surface area (Å²) in [5.74, 6) is 0.896. The van der Waals surface area contributed by atoms with Crippen LogP contribution in [0.2, 0.25) is 0 Å². The Morgan fingerprint density at radius 2 is 1.64 bits per heavy atom. The topological polar surface area (TPSA) is 37.3 Å². The molecule has 0 aliphatic rings. The number of allylic oxidation sites excluding steroid dienone is 2. The lowest BCUT2D eigenvalue weighted by Crippen LogP contribution is -2.00. The lowest BCUT2D eigenvalue weighted by atomic mass is 9.93. The van der Waals surface area contributed by atoms with Crippen LogP contribution < -0.4 is 5.32 Å². The molecule has 0 fully saturated rings. The first kappa shape index (κ1) is 18.9. The number of rotatable bonds is 6. The Morgan fingerprint density at radius 3 is 2.16 bits per heavy atom. The van der Waals surface area contributed by atoms with E-state index in [1.54, 1.807) is 6.20 Å². The van der Waals surface area contributed by atoms with Gasteiger partial charge in [0.25, 0.3) is 0 Å². The molecule has 0 spiro atoms. The van der Waals surface area contributed by atoms with E-state index < -0.39 is 0 Å². The van der Waals surface area contributed by atoms with Crippen LogP contribution in [-0.2, 0) is 0 Å². The van der Waals surface area contributed by atoms with Crippen LogP contribution in [0.3, 0.4) is 0 Å². The van der Waals surface area contributed by atoms with E-state index in [1.807, 2.05) is 25.3 Å². The van der Waals surface area contributed by atoms with Crippen molar-refractivity contribution in [2.24, 2.45) is 4.99 Å². The van der Waals surface area contributed by atoms with E-state index in [0.717, 1.165) is 22.8 Å². The fourth-order valence-electron chi connectivity index (χ4n) is 2.86. The maximum absolute atomic E-state index is 4.97. The first-order valence-corrected chi connectivity index (χ1v) is 8.92. The van der Waals surface area contributed by atoms with Gasteiger partial charge in [0.05, 0.1) is 17.6 Å². The lowest BCUT2D eigenvalue weighted by Gasteiger charge is -2.17. The molecule has 0 amide bonds. The number of anilines is 1. The van der Waals surface area contributed by atoms with Gasteiger partial charge in [0.15, 0.2) is 0 Å². The van der Waals surface area contributed by atoms with E-state index in [0.29, 0.717) is 11.8 Å². The summed E-state index contributed by atoms with van der Waals surface area (Å²) in [5, 5.41) is 3.35. The monoisotopic (exact) mass is 335 g/mol. The summed E-state index contributed by atoms with van der Waals surface area (Å²) < 4.78 is 0. The van der Waals surface area contributed by atoms with Gasteiger partial charge in [-0.05, 0) is 55.0 Å². The smallest absolute Gasteiger partial charge is 0.0701 e. The molecule has 3 nitrogen and oxygen atoms in total. The number of hydrogen-bond acceptors (Lipinski definition) is 3. The lowest BCUT2D eigenvalue weighted by molar-refractivity contribution is 0.834. The van der Waals surface area contributed by atoms with Crippen molar-refractivity contribution in [1.82, 2.24) is 4.98 Å². The zero-order valence-corrected chi connectivity index (χ0v) is 16.2. The van der Waals surface area contributed by atoms with Crippen molar-refractivity contribution in [3.05, 3.63) is 65.6 Å². The standard InChI is InChI=1S/C22H29N3/c1-15(2)20-10-7-11-21(16(3)4)22(20)25-18(6)13-17(5)24-19-9-8-12-23-14-19/h7-16,24H,1-6H3/b17-13+,25-18?. The zero-order valence-electron chi connectivity index (χ0n) is 16.2. The van der Waals surface area contributed by atoms with Crippen molar-refractivity contribution < 1.29 is 0 Å². The van der Waals surface area contributed by atoms with Gasteiger partial charge in [-0.3, -0.25) is 9.98 Å². The molecule has 25 heavy (non-hydrogen) atoms. The fraction of sp³-hybridized carbons (Fsp3) is 0.364. The van der Waals surface area contributed by atoms with Gasteiger partial charge in [0, 0.05) is 17.6 Å². The van der Waals surface area contributed by atoms with E-state index in [2.05, 4.69) is 69.2 Å². The highest BCUT2D eigenvalue weighted by molar-refractivity contribution is 5.96. The third-order valence-electron chi connectivity index (χ3n) is 4.06. The number of pyridine rings is 1. The van der Waals surface area contributed by atoms with Crippen LogP contribution in [0.1, 0.15) is 64.5 Å². The van der Waals surface area contributed by atoms with Crippen molar-refractivity contribution in [2.45, 2.75) is 53.4 Å². The van der Waals surface area contributed by atoms with Crippen LogP contribution in [0.25, 0.3) is 0 Å². The second-order valence-corrected chi connectivity index (χ2v) is 7.04. The summed E-state index contributed by atoms with van der Waals surface area (Å²) >= 11 is 0. The van der Waals surface area contributed by atoms with E-state index >= 15 is 0 Å². The van der Waals surface area contributed by atoms with E-state index in [4.69, 9.17) is 4.99 Å². The van der Waals surface area contributed by atoms with Gasteiger partial charge in [-0.1, -0.05) is 45.9 Å². The zero-order chi connectivity index (χ0) is 18.4. The maximum atomic E-state index is 4.97. The molecule has 1 heterocycles. The predicted molar refractivity (Wildman–Crippen MR) is 109 cm³/mol. The van der Waals surface area contributed by atoms with Crippen molar-refractivity contribution in [3.63, 3.8) is 0 Å². The van der Waals surface area contributed by atoms with Crippen LogP contribution >= 0.6 is 0 Å². The average Bonchev–Trinajstić information content (AvgIpc) is 2.55. The predicted octanol–water partition coefficient (Wildman–Crippen LogP) is 6.44. The van der Waals surface area contributed by atoms with Gasteiger partial charge >= 0.3 is 0 Å². The van der Waals surface area contributed by atoms with Gasteiger partial charge < -0.3 is 5.32 Å². The quantitative estimate of drug-likeness (QED) is 0.617. The Bertz CT molecular complexity index is 730. The summed E-state index contributed by atoms with van der Waals surface area (Å²) in [4.78, 5) is 9.09. The minimum absolute atomic E-state index is 0.448. The first-order valence-electron chi connectivity index (χ1n) is 8.92. The van der Waals surface area contributed by atoms with Gasteiger partial charge in [-0.25, -0.2) is 0 Å². The molecule has 3 heteroatoms. The molecule has 2 rings (SSSR count). The van der Waals surface area contributed by atoms with Crippen LogP contribution in [-0.4, -0.2) is 10.7 Å². The molecule has 1 aromatic carbocycles. The highest BCUT2D eigenvalue weighted by atomic mass is 14.9. The molecule has 1 N–H and O–H groups in total. The molecule has 0 aliphatic carbocycles. The number of aliphatic imine (C=N–C) groups is 1. The average molecular weight is 335 g/mol. The number of para-hydroxylation sites is 1. The number of hydrogen-bond donors (Lipinski definition) is 1. The highest BCUT2D eigenvalue weighted by Gasteiger charge is 2.13. The number of nitrogens with zero attached hydrogens (tertiary/aromatic N) is 2. The normalized spacial score (nSPS) is 12.8. The third kappa shape index (κ3) is 5.28. The maximum Gasteiger partial charge on any atom is 0.0701 e. The molecular weight excluding hydrogens is 306 g/mol. The van der Waals surface area contributed by atoms with E-state index in [1.165, 1.54) is 11.1 Å². The number of benzene rings is 1. The Hall–Kier alpha value is -2.42. The SMILES string of the molecule is CC(/C=C(\C)Nc1cccnc1)=Nc1c(C(C)C)cccc1C(C)C. The molecule has 0 radical (unpaired) electrons. The highest BCUT2D eigenvalue weighted by Crippen LogP contribution is 2.34. The van der Waals surface area contributed by atoms with Gasteiger partial charge in [0.1, 0.15) is 0 Å². The summed E-state index contributed by atoms with van der Waals surface area (Å²) in [5.41, 5.74) is 6.74. The fourth-order valence-corrected chi connectivity index (χ4v) is 2.86. The molecular formula is C22H29N3. The molecule has 0 saturated carbocycles. The van der Waals surface area contributed by atoms with Crippen molar-refractivity contribution >= 4 is 17.1 Å². The molecule has 2 aromatic rings. The Balaban J connectivity index is 2.34. The van der Waals surface area contributed by atoms with Crippen molar-refractivity contribution in [2.75, 3.05) is 5.32 Å².